The van der Waals surface area contributed by atoms with Crippen molar-refractivity contribution in [2.45, 2.75) is 26.5 Å². The molecule has 2 aromatic rings. The number of aromatic carboxylic acids is 1. The molecule has 0 saturated carbocycles. The Hall–Kier alpha value is -2.18. The van der Waals surface area contributed by atoms with Gasteiger partial charge in [-0.15, -0.1) is 0 Å². The molecule has 1 heterocycles. The zero-order chi connectivity index (χ0) is 18.7. The third-order valence-electron chi connectivity index (χ3n) is 3.54. The Labute approximate surface area is 154 Å². The lowest BCUT2D eigenvalue weighted by molar-refractivity contribution is -0.137. The first kappa shape index (κ1) is 19.1. The first-order valence-electron chi connectivity index (χ1n) is 7.39. The summed E-state index contributed by atoms with van der Waals surface area (Å²) in [5, 5.41) is 9.61. The smallest absolute Gasteiger partial charge is 0.339 e. The number of carboxylic acids is 1. The maximum atomic E-state index is 12.4. The molecule has 25 heavy (non-hydrogen) atoms. The Bertz CT molecular complexity index is 802. The summed E-state index contributed by atoms with van der Waals surface area (Å²) in [6.07, 6.45) is -0.809. The van der Waals surface area contributed by atoms with Gasteiger partial charge in [0, 0.05) is 7.05 Å². The maximum Gasteiger partial charge on any atom is 0.339 e. The average Bonchev–Trinajstić information content (AvgIpc) is 2.91. The lowest BCUT2D eigenvalue weighted by Gasteiger charge is -2.21. The molecular weight excluding hydrogens is 369 g/mol. The third kappa shape index (κ3) is 4.46. The molecule has 0 bridgehead atoms. The molecule has 1 amide bonds. The number of carbonyl (C=O) groups is 2. The molecule has 134 valence electrons. The van der Waals surface area contributed by atoms with Gasteiger partial charge in [-0.05, 0) is 32.0 Å². The number of likely N-dealkylation sites (N-methyl/N-ethyl adjacent to an activating group) is 1. The number of amides is 1. The van der Waals surface area contributed by atoms with E-state index in [0.717, 1.165) is 0 Å². The molecule has 0 aliphatic heterocycles. The highest BCUT2D eigenvalue weighted by Gasteiger charge is 2.23. The molecule has 1 aromatic heterocycles. The summed E-state index contributed by atoms with van der Waals surface area (Å²) in [4.78, 5) is 24.9. The van der Waals surface area contributed by atoms with Gasteiger partial charge in [-0.2, -0.15) is 0 Å². The number of aryl methyl sites for hydroxylation is 1. The van der Waals surface area contributed by atoms with Crippen LogP contribution in [0.15, 0.2) is 28.7 Å². The first-order chi connectivity index (χ1) is 11.7. The van der Waals surface area contributed by atoms with Gasteiger partial charge in [0.2, 0.25) is 0 Å². The summed E-state index contributed by atoms with van der Waals surface area (Å²) in [5.74, 6) is -0.418. The van der Waals surface area contributed by atoms with Crippen molar-refractivity contribution < 1.29 is 23.8 Å². The number of benzene rings is 1. The van der Waals surface area contributed by atoms with Crippen LogP contribution in [-0.4, -0.2) is 35.0 Å². The van der Waals surface area contributed by atoms with E-state index in [1.54, 1.807) is 39.1 Å². The molecule has 1 unspecified atom stereocenters. The summed E-state index contributed by atoms with van der Waals surface area (Å²) in [6, 6.07) is 6.31. The fraction of sp³-hybridized carbons (Fsp3) is 0.294. The average molecular weight is 386 g/mol. The second-order valence-corrected chi connectivity index (χ2v) is 6.28. The van der Waals surface area contributed by atoms with E-state index in [-0.39, 0.29) is 23.0 Å². The van der Waals surface area contributed by atoms with E-state index >= 15 is 0 Å². The van der Waals surface area contributed by atoms with Crippen molar-refractivity contribution >= 4 is 35.1 Å². The van der Waals surface area contributed by atoms with E-state index < -0.39 is 12.1 Å². The molecular formula is C17H17Cl2NO5. The summed E-state index contributed by atoms with van der Waals surface area (Å²) in [5.41, 5.74) is 0.0749. The first-order valence-corrected chi connectivity index (χ1v) is 8.14. The quantitative estimate of drug-likeness (QED) is 0.811. The number of carboxylic acid groups (broad SMARTS) is 1. The zero-order valence-corrected chi connectivity index (χ0v) is 15.4. The summed E-state index contributed by atoms with van der Waals surface area (Å²) in [6.45, 7) is 3.26. The molecule has 0 aliphatic carbocycles. The number of furan rings is 1. The Morgan fingerprint density at radius 3 is 2.64 bits per heavy atom. The molecule has 0 saturated heterocycles. The van der Waals surface area contributed by atoms with Crippen LogP contribution in [0.5, 0.6) is 5.75 Å². The zero-order valence-electron chi connectivity index (χ0n) is 13.9. The number of carbonyl (C=O) groups excluding carboxylic acids is 1. The minimum atomic E-state index is -1.08. The molecule has 0 fully saturated rings. The van der Waals surface area contributed by atoms with Crippen molar-refractivity contribution in [2.75, 3.05) is 7.05 Å². The van der Waals surface area contributed by atoms with E-state index in [0.29, 0.717) is 22.3 Å². The molecule has 1 aromatic carbocycles. The summed E-state index contributed by atoms with van der Waals surface area (Å²) in [7, 11) is 1.57. The fourth-order valence-corrected chi connectivity index (χ4v) is 2.61. The monoisotopic (exact) mass is 385 g/mol. The molecule has 1 atom stereocenters. The lowest BCUT2D eigenvalue weighted by atomic mass is 10.2. The van der Waals surface area contributed by atoms with Crippen molar-refractivity contribution in [3.05, 3.63) is 51.4 Å². The summed E-state index contributed by atoms with van der Waals surface area (Å²) >= 11 is 12.0. The van der Waals surface area contributed by atoms with Crippen LogP contribution in [0, 0.1) is 6.92 Å². The Morgan fingerprint density at radius 1 is 1.36 bits per heavy atom. The second-order valence-electron chi connectivity index (χ2n) is 5.49. The molecule has 8 heteroatoms. The highest BCUT2D eigenvalue weighted by molar-refractivity contribution is 6.42. The minimum Gasteiger partial charge on any atom is -0.479 e. The van der Waals surface area contributed by atoms with Crippen LogP contribution >= 0.6 is 23.2 Å². The van der Waals surface area contributed by atoms with Gasteiger partial charge >= 0.3 is 5.97 Å². The minimum absolute atomic E-state index is 0.0749. The predicted octanol–water partition coefficient (Wildman–Crippen LogP) is 4.02. The van der Waals surface area contributed by atoms with E-state index in [1.807, 2.05) is 0 Å². The van der Waals surface area contributed by atoms with Crippen LogP contribution in [0.25, 0.3) is 0 Å². The molecule has 2 rings (SSSR count). The molecule has 0 radical (unpaired) electrons. The number of rotatable bonds is 6. The van der Waals surface area contributed by atoms with E-state index in [2.05, 4.69) is 0 Å². The highest BCUT2D eigenvalue weighted by Crippen LogP contribution is 2.32. The molecule has 1 N–H and O–H groups in total. The van der Waals surface area contributed by atoms with Gasteiger partial charge in [-0.3, -0.25) is 4.79 Å². The summed E-state index contributed by atoms with van der Waals surface area (Å²) < 4.78 is 11.0. The number of halogens is 2. The Kier molecular flexibility index (Phi) is 5.98. The van der Waals surface area contributed by atoms with Crippen LogP contribution in [0.2, 0.25) is 10.0 Å². The number of hydrogen-bond acceptors (Lipinski definition) is 4. The number of hydrogen-bond donors (Lipinski definition) is 1. The molecule has 0 aliphatic rings. The van der Waals surface area contributed by atoms with Gasteiger partial charge < -0.3 is 19.2 Å². The molecule has 6 nitrogen and oxygen atoms in total. The largest absolute Gasteiger partial charge is 0.479 e. The van der Waals surface area contributed by atoms with Crippen LogP contribution in [0.3, 0.4) is 0 Å². The van der Waals surface area contributed by atoms with Crippen LogP contribution in [0.1, 0.15) is 28.8 Å². The van der Waals surface area contributed by atoms with Crippen LogP contribution < -0.4 is 4.74 Å². The number of nitrogens with zero attached hydrogens (tertiary/aromatic N) is 1. The van der Waals surface area contributed by atoms with Crippen LogP contribution in [-0.2, 0) is 11.3 Å². The maximum absolute atomic E-state index is 12.4. The van der Waals surface area contributed by atoms with Crippen molar-refractivity contribution in [1.29, 1.82) is 0 Å². The normalized spacial score (nSPS) is 11.9. The lowest BCUT2D eigenvalue weighted by Crippen LogP contribution is -2.37. The molecule has 0 spiro atoms. The third-order valence-corrected chi connectivity index (χ3v) is 4.34. The van der Waals surface area contributed by atoms with E-state index in [4.69, 9.17) is 37.5 Å². The van der Waals surface area contributed by atoms with Crippen molar-refractivity contribution in [1.82, 2.24) is 4.90 Å². The van der Waals surface area contributed by atoms with Gasteiger partial charge in [0.05, 0.1) is 11.6 Å². The van der Waals surface area contributed by atoms with Crippen molar-refractivity contribution in [2.24, 2.45) is 0 Å². The van der Waals surface area contributed by atoms with Crippen LogP contribution in [0.4, 0.5) is 0 Å². The second kappa shape index (κ2) is 7.80. The highest BCUT2D eigenvalue weighted by atomic mass is 35.5. The van der Waals surface area contributed by atoms with Gasteiger partial charge in [0.25, 0.3) is 5.91 Å². The topological polar surface area (TPSA) is 80.0 Å². The fourth-order valence-electron chi connectivity index (χ4n) is 2.27. The van der Waals surface area contributed by atoms with Gasteiger partial charge in [0.15, 0.2) is 6.10 Å². The Balaban J connectivity index is 2.05. The standard InChI is InChI=1S/C17H17Cl2NO5/c1-9-12(17(22)23)7-11(24-9)8-20(3)16(21)10(2)25-14-6-4-5-13(18)15(14)19/h4-7,10H,8H2,1-3H3,(H,22,23). The van der Waals surface area contributed by atoms with Crippen molar-refractivity contribution in [3.8, 4) is 5.75 Å². The van der Waals surface area contributed by atoms with Crippen molar-refractivity contribution in [3.63, 3.8) is 0 Å². The SMILES string of the molecule is Cc1oc(CN(C)C(=O)C(C)Oc2cccc(Cl)c2Cl)cc1C(=O)O. The number of ether oxygens (including phenoxy) is 1. The van der Waals surface area contributed by atoms with E-state index in [1.165, 1.54) is 11.0 Å². The van der Waals surface area contributed by atoms with Gasteiger partial charge in [-0.25, -0.2) is 4.79 Å². The Morgan fingerprint density at radius 2 is 2.04 bits per heavy atom. The van der Waals surface area contributed by atoms with Gasteiger partial charge in [0.1, 0.15) is 27.9 Å². The van der Waals surface area contributed by atoms with Gasteiger partial charge in [-0.1, -0.05) is 29.3 Å². The van der Waals surface area contributed by atoms with E-state index in [9.17, 15) is 9.59 Å². The predicted molar refractivity (Wildman–Crippen MR) is 93.4 cm³/mol.